The minimum atomic E-state index is 0. The normalized spacial score (nSPS) is 13.3. The Bertz CT molecular complexity index is 416. The van der Waals surface area contributed by atoms with E-state index in [9.17, 15) is 0 Å². The summed E-state index contributed by atoms with van der Waals surface area (Å²) < 4.78 is 12.7. The number of methoxy groups -OCH3 is 2. The number of nitrogens with zero attached hydrogens (tertiary/aromatic N) is 1. The highest BCUT2D eigenvalue weighted by Crippen LogP contribution is 2.30. The summed E-state index contributed by atoms with van der Waals surface area (Å²) in [6.45, 7) is 1.06. The van der Waals surface area contributed by atoms with Gasteiger partial charge in [0.2, 0.25) is 0 Å². The molecule has 0 aliphatic carbocycles. The average Bonchev–Trinajstić information content (AvgIpc) is 2.27. The summed E-state index contributed by atoms with van der Waals surface area (Å²) in [4.78, 5) is 0. The van der Waals surface area contributed by atoms with Gasteiger partial charge in [-0.15, -0.1) is 0 Å². The number of fused-ring (bicyclic) bond motifs is 1. The highest BCUT2D eigenvalue weighted by Gasteiger charge is 2.16. The fourth-order valence-corrected chi connectivity index (χ4v) is 1.87. The molecule has 1 aromatic rings. The van der Waals surface area contributed by atoms with Crippen molar-refractivity contribution in [1.82, 2.24) is 0 Å². The molecule has 0 bridgehead atoms. The number of hydrogen-bond donors (Lipinski definition) is 0. The van der Waals surface area contributed by atoms with Crippen LogP contribution in [0.25, 0.3) is 0 Å². The van der Waals surface area contributed by atoms with Crippen LogP contribution in [0.5, 0.6) is 11.5 Å². The molecule has 4 heteroatoms. The molecule has 88 valence electrons. The number of likely N-dealkylation sites (N-methyl/N-ethyl adjacent to an activating group) is 1. The zero-order valence-electron chi connectivity index (χ0n) is 9.79. The predicted molar refractivity (Wildman–Crippen MR) is 59.5 cm³/mol. The molecule has 1 aromatic carbocycles. The molecule has 0 saturated carbocycles. The smallest absolute Gasteiger partial charge is 0.170 e. The molecule has 1 aliphatic rings. The lowest BCUT2D eigenvalue weighted by Gasteiger charge is -2.14. The molecule has 0 aromatic heterocycles. The van der Waals surface area contributed by atoms with Gasteiger partial charge in [-0.3, -0.25) is 0 Å². The van der Waals surface area contributed by atoms with Crippen LogP contribution >= 0.6 is 0 Å². The molecular formula is C12H16INO2. The van der Waals surface area contributed by atoms with Gasteiger partial charge in [0, 0.05) is 12.0 Å². The van der Waals surface area contributed by atoms with Gasteiger partial charge in [-0.05, 0) is 17.7 Å². The Morgan fingerprint density at radius 1 is 1.12 bits per heavy atom. The Morgan fingerprint density at radius 3 is 2.38 bits per heavy atom. The van der Waals surface area contributed by atoms with Crippen LogP contribution < -0.4 is 33.5 Å². The maximum Gasteiger partial charge on any atom is 0.170 e. The van der Waals surface area contributed by atoms with Crippen molar-refractivity contribution in [1.29, 1.82) is 0 Å². The highest BCUT2D eigenvalue weighted by molar-refractivity contribution is 5.80. The Morgan fingerprint density at radius 2 is 1.75 bits per heavy atom. The fraction of sp³-hybridized carbons (Fsp3) is 0.417. The van der Waals surface area contributed by atoms with Crippen molar-refractivity contribution in [2.75, 3.05) is 27.8 Å². The molecule has 0 N–H and O–H groups in total. The van der Waals surface area contributed by atoms with E-state index in [4.69, 9.17) is 9.47 Å². The Hall–Kier alpha value is -0.780. The third-order valence-corrected chi connectivity index (χ3v) is 2.74. The minimum absolute atomic E-state index is 0. The first-order valence-electron chi connectivity index (χ1n) is 5.04. The van der Waals surface area contributed by atoms with Crippen LogP contribution in [-0.2, 0) is 6.42 Å². The molecule has 0 atom stereocenters. The SMILES string of the molecule is COc1cc2c(cc1OC)CC[N+](C)=C2.[I-]. The molecule has 0 unspecified atom stereocenters. The van der Waals surface area contributed by atoms with E-state index in [0.717, 1.165) is 24.5 Å². The molecule has 16 heavy (non-hydrogen) atoms. The monoisotopic (exact) mass is 333 g/mol. The molecule has 1 aliphatic heterocycles. The molecule has 0 saturated heterocycles. The molecule has 1 heterocycles. The van der Waals surface area contributed by atoms with Crippen LogP contribution in [0.4, 0.5) is 0 Å². The van der Waals surface area contributed by atoms with E-state index in [1.807, 2.05) is 6.07 Å². The lowest BCUT2D eigenvalue weighted by Crippen LogP contribution is -3.00. The summed E-state index contributed by atoms with van der Waals surface area (Å²) in [5.41, 5.74) is 2.55. The van der Waals surface area contributed by atoms with Crippen molar-refractivity contribution < 1.29 is 38.0 Å². The number of rotatable bonds is 2. The van der Waals surface area contributed by atoms with E-state index in [2.05, 4.69) is 23.9 Å². The molecule has 0 amide bonds. The zero-order chi connectivity index (χ0) is 10.8. The lowest BCUT2D eigenvalue weighted by atomic mass is 10.0. The Labute approximate surface area is 113 Å². The Kier molecular flexibility index (Phi) is 4.58. The topological polar surface area (TPSA) is 21.5 Å². The molecule has 0 fully saturated rings. The standard InChI is InChI=1S/C12H16NO2.HI/c1-13-5-4-9-6-11(14-2)12(15-3)7-10(9)8-13;/h6-8H,4-5H2,1-3H3;1H/q+1;/p-1. The van der Waals surface area contributed by atoms with Gasteiger partial charge in [0.1, 0.15) is 13.6 Å². The van der Waals surface area contributed by atoms with Gasteiger partial charge in [0.15, 0.2) is 17.7 Å². The summed E-state index contributed by atoms with van der Waals surface area (Å²) in [6, 6.07) is 4.10. The van der Waals surface area contributed by atoms with E-state index in [-0.39, 0.29) is 24.0 Å². The molecule has 0 spiro atoms. The first-order valence-corrected chi connectivity index (χ1v) is 5.04. The summed E-state index contributed by atoms with van der Waals surface area (Å²) in [5.74, 6) is 1.61. The van der Waals surface area contributed by atoms with Crippen molar-refractivity contribution in [2.45, 2.75) is 6.42 Å². The highest BCUT2D eigenvalue weighted by atomic mass is 127. The van der Waals surface area contributed by atoms with E-state index >= 15 is 0 Å². The number of halogens is 1. The second kappa shape index (κ2) is 5.52. The summed E-state index contributed by atoms with van der Waals surface area (Å²) in [6.07, 6.45) is 3.20. The molecule has 0 radical (unpaired) electrons. The lowest BCUT2D eigenvalue weighted by molar-refractivity contribution is -0.493. The predicted octanol–water partition coefficient (Wildman–Crippen LogP) is -1.67. The third-order valence-electron chi connectivity index (χ3n) is 2.74. The van der Waals surface area contributed by atoms with Gasteiger partial charge in [-0.1, -0.05) is 0 Å². The summed E-state index contributed by atoms with van der Waals surface area (Å²) in [5, 5.41) is 0. The fourth-order valence-electron chi connectivity index (χ4n) is 1.87. The second-order valence-corrected chi connectivity index (χ2v) is 3.77. The van der Waals surface area contributed by atoms with Crippen molar-refractivity contribution in [3.05, 3.63) is 23.3 Å². The molecular weight excluding hydrogens is 317 g/mol. The largest absolute Gasteiger partial charge is 1.00 e. The maximum atomic E-state index is 5.28. The van der Waals surface area contributed by atoms with Gasteiger partial charge in [-0.25, -0.2) is 4.58 Å². The van der Waals surface area contributed by atoms with E-state index in [0.29, 0.717) is 0 Å². The van der Waals surface area contributed by atoms with Gasteiger partial charge in [-0.2, -0.15) is 0 Å². The van der Waals surface area contributed by atoms with E-state index in [1.165, 1.54) is 11.1 Å². The molecule has 2 rings (SSSR count). The summed E-state index contributed by atoms with van der Waals surface area (Å²) in [7, 11) is 5.42. The number of ether oxygens (including phenoxy) is 2. The van der Waals surface area contributed by atoms with Gasteiger partial charge in [0.05, 0.1) is 14.2 Å². The van der Waals surface area contributed by atoms with Crippen LogP contribution in [0.3, 0.4) is 0 Å². The van der Waals surface area contributed by atoms with Crippen LogP contribution in [0.2, 0.25) is 0 Å². The van der Waals surface area contributed by atoms with Crippen molar-refractivity contribution >= 4 is 6.21 Å². The quantitative estimate of drug-likeness (QED) is 0.477. The van der Waals surface area contributed by atoms with E-state index < -0.39 is 0 Å². The van der Waals surface area contributed by atoms with Crippen LogP contribution in [0.15, 0.2) is 12.1 Å². The van der Waals surface area contributed by atoms with Crippen molar-refractivity contribution in [3.8, 4) is 11.5 Å². The zero-order valence-corrected chi connectivity index (χ0v) is 11.9. The first-order chi connectivity index (χ1) is 7.24. The summed E-state index contributed by atoms with van der Waals surface area (Å²) >= 11 is 0. The van der Waals surface area contributed by atoms with Crippen molar-refractivity contribution in [3.63, 3.8) is 0 Å². The Balaban J connectivity index is 0.00000128. The average molecular weight is 333 g/mol. The third kappa shape index (κ3) is 2.48. The van der Waals surface area contributed by atoms with Gasteiger partial charge < -0.3 is 33.5 Å². The van der Waals surface area contributed by atoms with E-state index in [1.54, 1.807) is 14.2 Å². The maximum absolute atomic E-state index is 5.28. The van der Waals surface area contributed by atoms with Crippen LogP contribution in [-0.4, -0.2) is 38.6 Å². The second-order valence-electron chi connectivity index (χ2n) is 3.77. The van der Waals surface area contributed by atoms with Crippen molar-refractivity contribution in [2.24, 2.45) is 0 Å². The van der Waals surface area contributed by atoms with Gasteiger partial charge >= 0.3 is 0 Å². The number of benzene rings is 1. The number of hydrogen-bond acceptors (Lipinski definition) is 2. The van der Waals surface area contributed by atoms with Crippen LogP contribution in [0, 0.1) is 0 Å². The van der Waals surface area contributed by atoms with Gasteiger partial charge in [0.25, 0.3) is 0 Å². The minimum Gasteiger partial charge on any atom is -1.00 e. The molecule has 3 nitrogen and oxygen atoms in total. The first kappa shape index (κ1) is 13.3. The van der Waals surface area contributed by atoms with Crippen LogP contribution in [0.1, 0.15) is 11.1 Å².